The molecule has 1 aromatic heterocycles. The fourth-order valence-electron chi connectivity index (χ4n) is 3.15. The van der Waals surface area contributed by atoms with Crippen LogP contribution in [0.1, 0.15) is 15.9 Å². The molecule has 1 unspecified atom stereocenters. The first-order chi connectivity index (χ1) is 13.8. The van der Waals surface area contributed by atoms with Gasteiger partial charge in [-0.05, 0) is 40.3 Å². The Morgan fingerprint density at radius 1 is 1.14 bits per heavy atom. The zero-order chi connectivity index (χ0) is 19.2. The number of nitrogens with zero attached hydrogens (tertiary/aromatic N) is 5. The van der Waals surface area contributed by atoms with Crippen molar-refractivity contribution in [1.82, 2.24) is 25.1 Å². The summed E-state index contributed by atoms with van der Waals surface area (Å²) in [4.78, 5) is 14.6. The van der Waals surface area contributed by atoms with Crippen molar-refractivity contribution in [2.45, 2.75) is 12.6 Å². The van der Waals surface area contributed by atoms with Crippen LogP contribution in [0, 0.1) is 0 Å². The van der Waals surface area contributed by atoms with E-state index in [1.165, 1.54) is 16.6 Å². The normalized spacial score (nSPS) is 17.4. The van der Waals surface area contributed by atoms with Crippen LogP contribution in [-0.2, 0) is 16.0 Å². The Bertz CT molecular complexity index is 884. The van der Waals surface area contributed by atoms with E-state index in [9.17, 15) is 4.79 Å². The van der Waals surface area contributed by atoms with Gasteiger partial charge in [0, 0.05) is 19.6 Å². The highest BCUT2D eigenvalue weighted by Gasteiger charge is 2.22. The summed E-state index contributed by atoms with van der Waals surface area (Å²) >= 11 is 0. The van der Waals surface area contributed by atoms with Crippen LogP contribution in [0.25, 0.3) is 5.69 Å². The van der Waals surface area contributed by atoms with Crippen molar-refractivity contribution >= 4 is 5.97 Å². The van der Waals surface area contributed by atoms with Gasteiger partial charge in [-0.3, -0.25) is 4.90 Å². The Hall–Kier alpha value is -3.10. The Balaban J connectivity index is 1.28. The minimum absolute atomic E-state index is 0.123. The third-order valence-corrected chi connectivity index (χ3v) is 4.59. The predicted molar refractivity (Wildman–Crippen MR) is 101 cm³/mol. The summed E-state index contributed by atoms with van der Waals surface area (Å²) in [6, 6.07) is 17.3. The lowest BCUT2D eigenvalue weighted by Gasteiger charge is -2.32. The molecule has 0 N–H and O–H groups in total. The smallest absolute Gasteiger partial charge is 0.338 e. The molecule has 1 atom stereocenters. The number of carbonyl (C=O) groups is 1. The second kappa shape index (κ2) is 8.73. The first kappa shape index (κ1) is 18.3. The van der Waals surface area contributed by atoms with Crippen LogP contribution < -0.4 is 0 Å². The number of carbonyl (C=O) groups excluding carboxylic acids is 1. The number of rotatable bonds is 6. The molecular formula is C20H21N5O3. The molecule has 144 valence electrons. The molecule has 3 aromatic rings. The number of hydrogen-bond donors (Lipinski definition) is 0. The van der Waals surface area contributed by atoms with E-state index in [0.717, 1.165) is 25.3 Å². The van der Waals surface area contributed by atoms with Gasteiger partial charge in [-0.1, -0.05) is 30.3 Å². The summed E-state index contributed by atoms with van der Waals surface area (Å²) in [6.07, 6.45) is 1.37. The lowest BCUT2D eigenvalue weighted by molar-refractivity contribution is -0.0612. The van der Waals surface area contributed by atoms with Gasteiger partial charge in [-0.15, -0.1) is 5.10 Å². The molecule has 2 aromatic carbocycles. The molecule has 0 spiro atoms. The van der Waals surface area contributed by atoms with Gasteiger partial charge in [-0.2, -0.15) is 0 Å². The van der Waals surface area contributed by atoms with E-state index in [-0.39, 0.29) is 18.7 Å². The zero-order valence-corrected chi connectivity index (χ0v) is 15.3. The maximum atomic E-state index is 12.3. The Morgan fingerprint density at radius 2 is 1.96 bits per heavy atom. The number of aromatic nitrogens is 4. The van der Waals surface area contributed by atoms with Gasteiger partial charge in [0.15, 0.2) is 0 Å². The summed E-state index contributed by atoms with van der Waals surface area (Å²) in [6.45, 7) is 3.35. The van der Waals surface area contributed by atoms with Crippen molar-refractivity contribution < 1.29 is 14.3 Å². The molecule has 1 fully saturated rings. The lowest BCUT2D eigenvalue weighted by Crippen LogP contribution is -2.44. The summed E-state index contributed by atoms with van der Waals surface area (Å²) in [5, 5.41) is 11.0. The first-order valence-corrected chi connectivity index (χ1v) is 9.16. The van der Waals surface area contributed by atoms with Crippen molar-refractivity contribution in [3.05, 3.63) is 72.1 Å². The second-order valence-electron chi connectivity index (χ2n) is 6.61. The van der Waals surface area contributed by atoms with E-state index >= 15 is 0 Å². The minimum Gasteiger partial charge on any atom is -0.459 e. The van der Waals surface area contributed by atoms with Crippen LogP contribution in [0.15, 0.2) is 60.9 Å². The molecule has 0 aliphatic carbocycles. The molecule has 0 radical (unpaired) electrons. The van der Waals surface area contributed by atoms with Gasteiger partial charge < -0.3 is 9.47 Å². The van der Waals surface area contributed by atoms with E-state index in [0.29, 0.717) is 12.2 Å². The molecule has 28 heavy (non-hydrogen) atoms. The van der Waals surface area contributed by atoms with Gasteiger partial charge in [0.1, 0.15) is 19.0 Å². The largest absolute Gasteiger partial charge is 0.459 e. The highest BCUT2D eigenvalue weighted by atomic mass is 16.6. The molecule has 2 heterocycles. The second-order valence-corrected chi connectivity index (χ2v) is 6.61. The van der Waals surface area contributed by atoms with Crippen LogP contribution in [0.2, 0.25) is 0 Å². The van der Waals surface area contributed by atoms with E-state index in [1.807, 2.05) is 18.2 Å². The summed E-state index contributed by atoms with van der Waals surface area (Å²) < 4.78 is 12.7. The standard InChI is InChI=1S/C20H21N5O3/c26-20(17-6-8-18(9-7-17)25-15-21-22-23-25)28-14-19-13-24(10-11-27-19)12-16-4-2-1-3-5-16/h1-9,15,19H,10-14H2. The summed E-state index contributed by atoms with van der Waals surface area (Å²) in [7, 11) is 0. The Morgan fingerprint density at radius 3 is 2.71 bits per heavy atom. The third-order valence-electron chi connectivity index (χ3n) is 4.59. The van der Waals surface area contributed by atoms with E-state index < -0.39 is 0 Å². The number of esters is 1. The molecule has 0 amide bonds. The SMILES string of the molecule is O=C(OCC1CN(Cc2ccccc2)CCO1)c1ccc(-n2cnnn2)cc1. The summed E-state index contributed by atoms with van der Waals surface area (Å²) in [5.74, 6) is -0.368. The monoisotopic (exact) mass is 379 g/mol. The van der Waals surface area contributed by atoms with Gasteiger partial charge in [0.05, 0.1) is 17.9 Å². The quantitative estimate of drug-likeness (QED) is 0.603. The zero-order valence-electron chi connectivity index (χ0n) is 15.3. The Kier molecular flexibility index (Phi) is 5.69. The first-order valence-electron chi connectivity index (χ1n) is 9.16. The summed E-state index contributed by atoms with van der Waals surface area (Å²) in [5.41, 5.74) is 2.52. The van der Waals surface area contributed by atoms with Crippen LogP contribution in [-0.4, -0.2) is 63.5 Å². The van der Waals surface area contributed by atoms with Crippen LogP contribution in [0.3, 0.4) is 0 Å². The van der Waals surface area contributed by atoms with E-state index in [4.69, 9.17) is 9.47 Å². The number of tetrazole rings is 1. The highest BCUT2D eigenvalue weighted by molar-refractivity contribution is 5.89. The van der Waals surface area contributed by atoms with Crippen LogP contribution in [0.4, 0.5) is 0 Å². The minimum atomic E-state index is -0.368. The van der Waals surface area contributed by atoms with Crippen molar-refractivity contribution in [2.24, 2.45) is 0 Å². The van der Waals surface area contributed by atoms with Crippen molar-refractivity contribution in [1.29, 1.82) is 0 Å². The average Bonchev–Trinajstić information content (AvgIpc) is 3.28. The number of hydrogen-bond acceptors (Lipinski definition) is 7. The van der Waals surface area contributed by atoms with Crippen molar-refractivity contribution in [3.63, 3.8) is 0 Å². The molecule has 1 aliphatic rings. The molecule has 8 heteroatoms. The number of ether oxygens (including phenoxy) is 2. The van der Waals surface area contributed by atoms with E-state index in [1.54, 1.807) is 24.3 Å². The lowest BCUT2D eigenvalue weighted by atomic mass is 10.2. The molecule has 4 rings (SSSR count). The fraction of sp³-hybridized carbons (Fsp3) is 0.300. The number of benzene rings is 2. The molecular weight excluding hydrogens is 358 g/mol. The third kappa shape index (κ3) is 4.59. The van der Waals surface area contributed by atoms with Crippen LogP contribution in [0.5, 0.6) is 0 Å². The maximum Gasteiger partial charge on any atom is 0.338 e. The van der Waals surface area contributed by atoms with Gasteiger partial charge in [0.25, 0.3) is 0 Å². The van der Waals surface area contributed by atoms with Gasteiger partial charge in [-0.25, -0.2) is 9.48 Å². The van der Waals surface area contributed by atoms with E-state index in [2.05, 4.69) is 32.6 Å². The van der Waals surface area contributed by atoms with Gasteiger partial charge >= 0.3 is 5.97 Å². The molecule has 1 saturated heterocycles. The van der Waals surface area contributed by atoms with Gasteiger partial charge in [0.2, 0.25) is 0 Å². The molecule has 8 nitrogen and oxygen atoms in total. The molecule has 0 saturated carbocycles. The highest BCUT2D eigenvalue weighted by Crippen LogP contribution is 2.13. The fourth-order valence-corrected chi connectivity index (χ4v) is 3.15. The maximum absolute atomic E-state index is 12.3. The number of morpholine rings is 1. The van der Waals surface area contributed by atoms with Crippen molar-refractivity contribution in [2.75, 3.05) is 26.3 Å². The van der Waals surface area contributed by atoms with Crippen LogP contribution >= 0.6 is 0 Å². The average molecular weight is 379 g/mol. The molecule has 1 aliphatic heterocycles. The molecule has 0 bridgehead atoms. The topological polar surface area (TPSA) is 82.4 Å². The van der Waals surface area contributed by atoms with Crippen molar-refractivity contribution in [3.8, 4) is 5.69 Å². The Labute approximate surface area is 162 Å². The predicted octanol–water partition coefficient (Wildman–Crippen LogP) is 1.72.